The first-order chi connectivity index (χ1) is 11.1. The van der Waals surface area contributed by atoms with Gasteiger partial charge in [-0.25, -0.2) is 0 Å². The second kappa shape index (κ2) is 8.67. The number of hydrogen-bond acceptors (Lipinski definition) is 3. The average molecular weight is 419 g/mol. The zero-order valence-electron chi connectivity index (χ0n) is 13.0. The van der Waals surface area contributed by atoms with E-state index < -0.39 is 0 Å². The van der Waals surface area contributed by atoms with Crippen molar-refractivity contribution in [1.82, 2.24) is 0 Å². The second-order valence-electron chi connectivity index (χ2n) is 4.88. The Kier molecular flexibility index (Phi) is 6.88. The molecule has 0 radical (unpaired) electrons. The van der Waals surface area contributed by atoms with Gasteiger partial charge in [0.05, 0.1) is 24.4 Å². The smallest absolute Gasteiger partial charge is 0.167 e. The van der Waals surface area contributed by atoms with Crippen LogP contribution in [0.1, 0.15) is 18.9 Å². The Morgan fingerprint density at radius 2 is 1.96 bits per heavy atom. The van der Waals surface area contributed by atoms with E-state index in [0.29, 0.717) is 28.9 Å². The summed E-state index contributed by atoms with van der Waals surface area (Å²) in [5.41, 5.74) is 1.79. The van der Waals surface area contributed by atoms with Crippen LogP contribution < -0.4 is 14.8 Å². The fraction of sp³-hybridized carbons (Fsp3) is 0.294. The minimum absolute atomic E-state index is 0.540. The van der Waals surface area contributed by atoms with Crippen molar-refractivity contribution in [3.05, 3.63) is 50.4 Å². The Hall–Kier alpha value is -1.10. The van der Waals surface area contributed by atoms with Gasteiger partial charge in [0.15, 0.2) is 11.5 Å². The fourth-order valence-electron chi connectivity index (χ4n) is 2.09. The van der Waals surface area contributed by atoms with Crippen LogP contribution in [0.25, 0.3) is 0 Å². The van der Waals surface area contributed by atoms with Gasteiger partial charge in [-0.05, 0) is 36.8 Å². The van der Waals surface area contributed by atoms with Gasteiger partial charge in [-0.2, -0.15) is 0 Å². The van der Waals surface area contributed by atoms with Crippen LogP contribution in [0.3, 0.4) is 0 Å². The van der Waals surface area contributed by atoms with Crippen LogP contribution in [0.4, 0.5) is 5.69 Å². The highest BCUT2D eigenvalue weighted by molar-refractivity contribution is 9.10. The van der Waals surface area contributed by atoms with E-state index in [4.69, 9.17) is 32.7 Å². The van der Waals surface area contributed by atoms with Gasteiger partial charge in [0.1, 0.15) is 0 Å². The molecule has 0 unspecified atom stereocenters. The van der Waals surface area contributed by atoms with Gasteiger partial charge in [-0.3, -0.25) is 0 Å². The van der Waals surface area contributed by atoms with Crippen molar-refractivity contribution in [3.63, 3.8) is 0 Å². The summed E-state index contributed by atoms with van der Waals surface area (Å²) in [6, 6.07) is 9.18. The van der Waals surface area contributed by atoms with Crippen molar-refractivity contribution in [3.8, 4) is 11.5 Å². The molecule has 2 aromatic carbocycles. The highest BCUT2D eigenvalue weighted by Crippen LogP contribution is 2.37. The summed E-state index contributed by atoms with van der Waals surface area (Å²) in [5.74, 6) is 1.45. The quantitative estimate of drug-likeness (QED) is 0.583. The number of rotatable bonds is 7. The van der Waals surface area contributed by atoms with E-state index in [9.17, 15) is 0 Å². The van der Waals surface area contributed by atoms with E-state index in [1.165, 1.54) is 0 Å². The second-order valence-corrected chi connectivity index (χ2v) is 6.58. The first kappa shape index (κ1) is 18.2. The molecular formula is C17H18BrCl2NO2. The molecule has 124 valence electrons. The molecule has 6 heteroatoms. The number of hydrogen-bond donors (Lipinski definition) is 1. The molecule has 0 bridgehead atoms. The maximum Gasteiger partial charge on any atom is 0.167 e. The van der Waals surface area contributed by atoms with Crippen LogP contribution in [0.2, 0.25) is 10.0 Å². The molecule has 0 aliphatic heterocycles. The summed E-state index contributed by atoms with van der Waals surface area (Å²) in [6.07, 6.45) is 0.922. The van der Waals surface area contributed by atoms with Crippen molar-refractivity contribution in [2.75, 3.05) is 19.0 Å². The number of nitrogens with one attached hydrogen (secondary N) is 1. The Balaban J connectivity index is 2.27. The highest BCUT2D eigenvalue weighted by Gasteiger charge is 2.15. The zero-order chi connectivity index (χ0) is 16.8. The van der Waals surface area contributed by atoms with Gasteiger partial charge in [-0.15, -0.1) is 0 Å². The van der Waals surface area contributed by atoms with Crippen molar-refractivity contribution < 1.29 is 9.47 Å². The normalized spacial score (nSPS) is 10.5. The van der Waals surface area contributed by atoms with Gasteiger partial charge >= 0.3 is 0 Å². The predicted molar refractivity (Wildman–Crippen MR) is 100 cm³/mol. The molecule has 0 aromatic heterocycles. The van der Waals surface area contributed by atoms with E-state index in [2.05, 4.69) is 28.2 Å². The molecule has 0 heterocycles. The Morgan fingerprint density at radius 1 is 1.17 bits per heavy atom. The molecule has 0 aliphatic rings. The monoisotopic (exact) mass is 417 g/mol. The molecule has 3 nitrogen and oxygen atoms in total. The molecule has 0 spiro atoms. The van der Waals surface area contributed by atoms with E-state index in [0.717, 1.165) is 27.9 Å². The third kappa shape index (κ3) is 4.69. The van der Waals surface area contributed by atoms with E-state index in [1.807, 2.05) is 18.2 Å². The largest absolute Gasteiger partial charge is 0.493 e. The average Bonchev–Trinajstić information content (AvgIpc) is 2.53. The Bertz CT molecular complexity index is 680. The van der Waals surface area contributed by atoms with Crippen molar-refractivity contribution in [1.29, 1.82) is 0 Å². The minimum atomic E-state index is 0.540. The summed E-state index contributed by atoms with van der Waals surface area (Å²) in [6.45, 7) is 3.23. The van der Waals surface area contributed by atoms with Crippen LogP contribution in [0, 0.1) is 0 Å². The summed E-state index contributed by atoms with van der Waals surface area (Å²) in [4.78, 5) is 0. The maximum absolute atomic E-state index is 6.20. The predicted octanol–water partition coefficient (Wildman–Crippen LogP) is 6.17. The lowest BCUT2D eigenvalue weighted by atomic mass is 10.1. The molecule has 2 aromatic rings. The summed E-state index contributed by atoms with van der Waals surface area (Å²) >= 11 is 15.7. The summed E-state index contributed by atoms with van der Waals surface area (Å²) < 4.78 is 12.2. The fourth-order valence-corrected chi connectivity index (χ4v) is 3.01. The van der Waals surface area contributed by atoms with Crippen LogP contribution in [0.5, 0.6) is 11.5 Å². The molecule has 0 saturated heterocycles. The number of ether oxygens (including phenoxy) is 2. The van der Waals surface area contributed by atoms with Crippen LogP contribution >= 0.6 is 39.1 Å². The highest BCUT2D eigenvalue weighted by atomic mass is 79.9. The summed E-state index contributed by atoms with van der Waals surface area (Å²) in [5, 5.41) is 4.49. The number of benzene rings is 2. The molecule has 0 fully saturated rings. The van der Waals surface area contributed by atoms with Gasteiger partial charge in [-0.1, -0.05) is 46.1 Å². The van der Waals surface area contributed by atoms with Crippen LogP contribution in [-0.4, -0.2) is 13.7 Å². The van der Waals surface area contributed by atoms with E-state index in [-0.39, 0.29) is 0 Å². The molecule has 0 saturated carbocycles. The summed E-state index contributed by atoms with van der Waals surface area (Å²) in [7, 11) is 1.63. The van der Waals surface area contributed by atoms with Crippen molar-refractivity contribution >= 4 is 44.8 Å². The topological polar surface area (TPSA) is 30.5 Å². The lowest BCUT2D eigenvalue weighted by Gasteiger charge is -2.17. The standard InChI is InChI=1S/C17H18BrCl2NO2/c1-3-8-23-17-12(13(18)5-7-16(17)22-2)10-21-15-6-4-11(19)9-14(15)20/h4-7,9,21H,3,8,10H2,1-2H3. The molecular weight excluding hydrogens is 401 g/mol. The SMILES string of the molecule is CCCOc1c(OC)ccc(Br)c1CNc1ccc(Cl)cc1Cl. The lowest BCUT2D eigenvalue weighted by molar-refractivity contribution is 0.291. The van der Waals surface area contributed by atoms with Crippen molar-refractivity contribution in [2.24, 2.45) is 0 Å². The first-order valence-corrected chi connectivity index (χ1v) is 8.78. The molecule has 0 atom stereocenters. The van der Waals surface area contributed by atoms with Gasteiger partial charge in [0, 0.05) is 21.6 Å². The third-order valence-electron chi connectivity index (χ3n) is 3.22. The number of anilines is 1. The van der Waals surface area contributed by atoms with Gasteiger partial charge in [0.25, 0.3) is 0 Å². The Labute approximate surface area is 155 Å². The van der Waals surface area contributed by atoms with Crippen molar-refractivity contribution in [2.45, 2.75) is 19.9 Å². The minimum Gasteiger partial charge on any atom is -0.493 e. The molecule has 23 heavy (non-hydrogen) atoms. The van der Waals surface area contributed by atoms with Crippen LogP contribution in [-0.2, 0) is 6.54 Å². The molecule has 0 amide bonds. The lowest BCUT2D eigenvalue weighted by Crippen LogP contribution is -2.07. The van der Waals surface area contributed by atoms with Gasteiger partial charge in [0.2, 0.25) is 0 Å². The Morgan fingerprint density at radius 3 is 2.61 bits per heavy atom. The maximum atomic E-state index is 6.20. The number of halogens is 3. The van der Waals surface area contributed by atoms with Crippen LogP contribution in [0.15, 0.2) is 34.8 Å². The zero-order valence-corrected chi connectivity index (χ0v) is 16.1. The third-order valence-corrected chi connectivity index (χ3v) is 4.52. The van der Waals surface area contributed by atoms with E-state index in [1.54, 1.807) is 19.2 Å². The molecule has 1 N–H and O–H groups in total. The van der Waals surface area contributed by atoms with Gasteiger partial charge < -0.3 is 14.8 Å². The molecule has 2 rings (SSSR count). The number of methoxy groups -OCH3 is 1. The molecule has 0 aliphatic carbocycles. The first-order valence-electron chi connectivity index (χ1n) is 7.24. The van der Waals surface area contributed by atoms with E-state index >= 15 is 0 Å².